The van der Waals surface area contributed by atoms with Gasteiger partial charge in [0.1, 0.15) is 0 Å². The van der Waals surface area contributed by atoms with E-state index in [-0.39, 0.29) is 18.0 Å². The highest BCUT2D eigenvalue weighted by molar-refractivity contribution is 5.95. The zero-order chi connectivity index (χ0) is 15.8. The van der Waals surface area contributed by atoms with Gasteiger partial charge < -0.3 is 15.1 Å². The van der Waals surface area contributed by atoms with Gasteiger partial charge in [0.05, 0.1) is 11.0 Å². The Morgan fingerprint density at radius 2 is 2.05 bits per heavy atom. The van der Waals surface area contributed by atoms with Crippen LogP contribution in [0.25, 0.3) is 0 Å². The summed E-state index contributed by atoms with van der Waals surface area (Å²) in [6.45, 7) is 4.06. The number of pyridine rings is 1. The number of amides is 1. The average molecular weight is 294 g/mol. The smallest absolute Gasteiger partial charge is 0.311 e. The van der Waals surface area contributed by atoms with Crippen molar-refractivity contribution in [2.45, 2.75) is 20.3 Å². The zero-order valence-electron chi connectivity index (χ0n) is 11.9. The Labute approximate surface area is 121 Å². The van der Waals surface area contributed by atoms with Crippen molar-refractivity contribution in [3.05, 3.63) is 28.0 Å². The predicted octanol–water partition coefficient (Wildman–Crippen LogP) is 0.653. The number of carbonyl (C=O) groups is 2. The first-order chi connectivity index (χ1) is 9.76. The fourth-order valence-electron chi connectivity index (χ4n) is 2.73. The maximum Gasteiger partial charge on any atom is 0.311 e. The second-order valence-corrected chi connectivity index (χ2v) is 5.71. The largest absolute Gasteiger partial charge is 0.494 e. The fourth-order valence-corrected chi connectivity index (χ4v) is 2.73. The van der Waals surface area contributed by atoms with Gasteiger partial charge >= 0.3 is 5.97 Å². The molecule has 0 bridgehead atoms. The third-order valence-corrected chi connectivity index (χ3v) is 4.20. The molecule has 3 N–H and O–H groups in total. The Balaban J connectivity index is 2.26. The number of rotatable bonds is 3. The first kappa shape index (κ1) is 15.1. The monoisotopic (exact) mass is 294 g/mol. The quantitative estimate of drug-likeness (QED) is 0.758. The highest BCUT2D eigenvalue weighted by Crippen LogP contribution is 2.38. The summed E-state index contributed by atoms with van der Waals surface area (Å²) in [5, 5.41) is 18.8. The van der Waals surface area contributed by atoms with E-state index in [0.29, 0.717) is 13.0 Å². The molecule has 114 valence electrons. The molecular formula is C14H18N2O5. The van der Waals surface area contributed by atoms with Gasteiger partial charge in [-0.15, -0.1) is 0 Å². The van der Waals surface area contributed by atoms with E-state index in [1.54, 1.807) is 0 Å². The van der Waals surface area contributed by atoms with Gasteiger partial charge in [-0.05, 0) is 12.3 Å². The molecule has 2 heterocycles. The van der Waals surface area contributed by atoms with Crippen LogP contribution in [0.1, 0.15) is 30.6 Å². The molecule has 21 heavy (non-hydrogen) atoms. The summed E-state index contributed by atoms with van der Waals surface area (Å²) in [7, 11) is 0. The molecule has 1 unspecified atom stereocenters. The normalized spacial score (nSPS) is 21.8. The van der Waals surface area contributed by atoms with Crippen LogP contribution >= 0.6 is 0 Å². The number of aromatic hydroxyl groups is 1. The third kappa shape index (κ3) is 2.63. The maximum absolute atomic E-state index is 12.4. The number of carboxylic acids is 1. The van der Waals surface area contributed by atoms with Gasteiger partial charge in [0.25, 0.3) is 11.5 Å². The molecule has 1 aromatic rings. The van der Waals surface area contributed by atoms with Gasteiger partial charge in [0.2, 0.25) is 0 Å². The molecule has 1 saturated heterocycles. The highest BCUT2D eigenvalue weighted by Gasteiger charge is 2.48. The molecule has 1 aliphatic rings. The Kier molecular flexibility index (Phi) is 3.76. The number of likely N-dealkylation sites (tertiary alicyclic amines) is 1. The van der Waals surface area contributed by atoms with Crippen LogP contribution in [0.2, 0.25) is 0 Å². The molecule has 0 aromatic carbocycles. The molecule has 1 aliphatic heterocycles. The maximum atomic E-state index is 12.4. The minimum atomic E-state index is -0.959. The minimum absolute atomic E-state index is 0.0567. The van der Waals surface area contributed by atoms with Crippen LogP contribution in [0.4, 0.5) is 0 Å². The van der Waals surface area contributed by atoms with Crippen molar-refractivity contribution < 1.29 is 19.8 Å². The number of aromatic nitrogens is 1. The van der Waals surface area contributed by atoms with Crippen LogP contribution in [0.3, 0.4) is 0 Å². The standard InChI is InChI=1S/C14H18N2O5/c1-8(2)14(13(20)21)3-4-16(7-14)12(19)9-5-10(17)15-11(18)6-9/h5-6,8H,3-4,7H2,1-2H3,(H,20,21)(H2,15,17,18). The van der Waals surface area contributed by atoms with E-state index in [1.165, 1.54) is 11.0 Å². The fraction of sp³-hybridized carbons (Fsp3) is 0.500. The van der Waals surface area contributed by atoms with Crippen molar-refractivity contribution in [1.82, 2.24) is 9.88 Å². The first-order valence-electron chi connectivity index (χ1n) is 6.72. The molecule has 0 radical (unpaired) electrons. The van der Waals surface area contributed by atoms with Crippen LogP contribution in [0, 0.1) is 11.3 Å². The second kappa shape index (κ2) is 5.23. The summed E-state index contributed by atoms with van der Waals surface area (Å²) in [6, 6.07) is 2.26. The number of nitrogens with zero attached hydrogens (tertiary/aromatic N) is 1. The molecule has 7 nitrogen and oxygen atoms in total. The molecule has 0 spiro atoms. The Hall–Kier alpha value is -2.31. The van der Waals surface area contributed by atoms with E-state index in [2.05, 4.69) is 4.98 Å². The summed E-state index contributed by atoms with van der Waals surface area (Å²) in [5.74, 6) is -1.86. The van der Waals surface area contributed by atoms with Crippen LogP contribution in [0.15, 0.2) is 16.9 Å². The second-order valence-electron chi connectivity index (χ2n) is 5.71. The Bertz CT molecular complexity index is 636. The van der Waals surface area contributed by atoms with E-state index < -0.39 is 28.7 Å². The van der Waals surface area contributed by atoms with Crippen molar-refractivity contribution in [3.8, 4) is 5.88 Å². The summed E-state index contributed by atoms with van der Waals surface area (Å²) >= 11 is 0. The number of H-pyrrole nitrogens is 1. The third-order valence-electron chi connectivity index (χ3n) is 4.20. The molecule has 1 aromatic heterocycles. The number of carboxylic acid groups (broad SMARTS) is 1. The van der Waals surface area contributed by atoms with E-state index in [0.717, 1.165) is 6.07 Å². The molecule has 0 aliphatic carbocycles. The van der Waals surface area contributed by atoms with Gasteiger partial charge in [-0.2, -0.15) is 0 Å². The number of aromatic amines is 1. The molecule has 1 amide bonds. The van der Waals surface area contributed by atoms with Crippen molar-refractivity contribution in [1.29, 1.82) is 0 Å². The van der Waals surface area contributed by atoms with E-state index in [9.17, 15) is 24.6 Å². The van der Waals surface area contributed by atoms with Crippen LogP contribution < -0.4 is 5.56 Å². The zero-order valence-corrected chi connectivity index (χ0v) is 11.9. The Morgan fingerprint density at radius 1 is 1.38 bits per heavy atom. The van der Waals surface area contributed by atoms with Gasteiger partial charge in [-0.1, -0.05) is 13.8 Å². The number of carbonyl (C=O) groups excluding carboxylic acids is 1. The molecule has 1 atom stereocenters. The molecule has 2 rings (SSSR count). The van der Waals surface area contributed by atoms with Crippen LogP contribution in [-0.2, 0) is 4.79 Å². The first-order valence-corrected chi connectivity index (χ1v) is 6.72. The van der Waals surface area contributed by atoms with Crippen LogP contribution in [-0.4, -0.2) is 45.1 Å². The van der Waals surface area contributed by atoms with Crippen molar-refractivity contribution in [3.63, 3.8) is 0 Å². The van der Waals surface area contributed by atoms with Crippen molar-refractivity contribution in [2.75, 3.05) is 13.1 Å². The number of aliphatic carboxylic acids is 1. The summed E-state index contributed by atoms with van der Waals surface area (Å²) < 4.78 is 0. The SMILES string of the molecule is CC(C)C1(C(=O)O)CCN(C(=O)c2cc(O)[nH]c(=O)c2)C1. The molecule has 7 heteroatoms. The number of hydrogen-bond acceptors (Lipinski definition) is 4. The minimum Gasteiger partial charge on any atom is -0.494 e. The van der Waals surface area contributed by atoms with Crippen molar-refractivity contribution in [2.24, 2.45) is 11.3 Å². The lowest BCUT2D eigenvalue weighted by molar-refractivity contribution is -0.150. The van der Waals surface area contributed by atoms with Crippen molar-refractivity contribution >= 4 is 11.9 Å². The number of hydrogen-bond donors (Lipinski definition) is 3. The molecule has 0 saturated carbocycles. The summed E-state index contributed by atoms with van der Waals surface area (Å²) in [4.78, 5) is 38.8. The molecular weight excluding hydrogens is 276 g/mol. The lowest BCUT2D eigenvalue weighted by atomic mass is 9.76. The van der Waals surface area contributed by atoms with E-state index in [4.69, 9.17) is 0 Å². The summed E-state index contributed by atoms with van der Waals surface area (Å²) in [6.07, 6.45) is 0.376. The van der Waals surface area contributed by atoms with Gasteiger partial charge in [-0.25, -0.2) is 0 Å². The van der Waals surface area contributed by atoms with Gasteiger partial charge in [0, 0.05) is 25.2 Å². The predicted molar refractivity (Wildman–Crippen MR) is 74.2 cm³/mol. The topological polar surface area (TPSA) is 111 Å². The lowest BCUT2D eigenvalue weighted by Gasteiger charge is -2.28. The molecule has 1 fully saturated rings. The highest BCUT2D eigenvalue weighted by atomic mass is 16.4. The Morgan fingerprint density at radius 3 is 2.52 bits per heavy atom. The average Bonchev–Trinajstić information content (AvgIpc) is 2.83. The van der Waals surface area contributed by atoms with Gasteiger partial charge in [0.15, 0.2) is 5.88 Å². The van der Waals surface area contributed by atoms with Crippen LogP contribution in [0.5, 0.6) is 5.88 Å². The number of nitrogens with one attached hydrogen (secondary N) is 1. The van der Waals surface area contributed by atoms with E-state index >= 15 is 0 Å². The summed E-state index contributed by atoms with van der Waals surface area (Å²) in [5.41, 5.74) is -1.48. The van der Waals surface area contributed by atoms with Gasteiger partial charge in [-0.3, -0.25) is 19.4 Å². The lowest BCUT2D eigenvalue weighted by Crippen LogP contribution is -2.40. The van der Waals surface area contributed by atoms with E-state index in [1.807, 2.05) is 13.8 Å².